The highest BCUT2D eigenvalue weighted by Crippen LogP contribution is 2.39. The lowest BCUT2D eigenvalue weighted by molar-refractivity contribution is -0.136. The number of rotatable bonds is 2. The molecule has 0 aliphatic heterocycles. The molecule has 98 valence electrons. The molecular weight excluding hydrogens is 245 g/mol. The molecule has 0 radical (unpaired) electrons. The average molecular weight is 258 g/mol. The number of anilines is 2. The van der Waals surface area contributed by atoms with Crippen LogP contribution in [-0.2, 0) is 11.0 Å². The van der Waals surface area contributed by atoms with Crippen LogP contribution in [-0.4, -0.2) is 5.91 Å². The molecule has 18 heavy (non-hydrogen) atoms. The van der Waals surface area contributed by atoms with Crippen LogP contribution in [0.25, 0.3) is 0 Å². The van der Waals surface area contributed by atoms with Crippen molar-refractivity contribution < 1.29 is 18.0 Å². The number of nitrogens with two attached hydrogens (primary N) is 1. The van der Waals surface area contributed by atoms with E-state index in [-0.39, 0.29) is 23.2 Å². The van der Waals surface area contributed by atoms with Crippen LogP contribution in [0.4, 0.5) is 24.5 Å². The first-order valence-corrected chi connectivity index (χ1v) is 5.56. The predicted molar refractivity (Wildman–Crippen MR) is 61.8 cm³/mol. The smallest absolute Gasteiger partial charge is 0.398 e. The minimum atomic E-state index is -4.52. The molecule has 0 spiro atoms. The van der Waals surface area contributed by atoms with E-state index >= 15 is 0 Å². The van der Waals surface area contributed by atoms with E-state index in [1.54, 1.807) is 0 Å². The van der Waals surface area contributed by atoms with E-state index in [4.69, 9.17) is 5.73 Å². The zero-order valence-electron chi connectivity index (χ0n) is 9.71. The molecule has 1 aliphatic carbocycles. The SMILES string of the molecule is CC1CC1C(=O)Nc1ccc(N)c(C(F)(F)F)c1. The number of benzene rings is 1. The molecule has 6 heteroatoms. The van der Waals surface area contributed by atoms with Crippen LogP contribution in [0.5, 0.6) is 0 Å². The van der Waals surface area contributed by atoms with Gasteiger partial charge in [-0.3, -0.25) is 4.79 Å². The van der Waals surface area contributed by atoms with Gasteiger partial charge >= 0.3 is 6.18 Å². The minimum absolute atomic E-state index is 0.0862. The summed E-state index contributed by atoms with van der Waals surface area (Å²) in [5, 5.41) is 2.48. The van der Waals surface area contributed by atoms with Crippen molar-refractivity contribution in [2.45, 2.75) is 19.5 Å². The molecule has 2 atom stereocenters. The first-order chi connectivity index (χ1) is 8.29. The monoisotopic (exact) mass is 258 g/mol. The normalized spacial score (nSPS) is 22.7. The third-order valence-corrected chi connectivity index (χ3v) is 3.07. The van der Waals surface area contributed by atoms with E-state index in [1.165, 1.54) is 6.07 Å². The second-order valence-electron chi connectivity index (χ2n) is 4.61. The van der Waals surface area contributed by atoms with E-state index in [0.717, 1.165) is 18.6 Å². The zero-order chi connectivity index (χ0) is 13.5. The lowest BCUT2D eigenvalue weighted by Gasteiger charge is -2.12. The van der Waals surface area contributed by atoms with Gasteiger partial charge in [-0.25, -0.2) is 0 Å². The minimum Gasteiger partial charge on any atom is -0.398 e. The number of hydrogen-bond donors (Lipinski definition) is 2. The zero-order valence-corrected chi connectivity index (χ0v) is 9.71. The number of amides is 1. The molecule has 3 N–H and O–H groups in total. The molecule has 3 nitrogen and oxygen atoms in total. The van der Waals surface area contributed by atoms with Crippen molar-refractivity contribution in [2.75, 3.05) is 11.1 Å². The first-order valence-electron chi connectivity index (χ1n) is 5.56. The van der Waals surface area contributed by atoms with E-state index in [1.807, 2.05) is 6.92 Å². The molecule has 1 amide bonds. The summed E-state index contributed by atoms with van der Waals surface area (Å²) in [6.07, 6.45) is -3.73. The largest absolute Gasteiger partial charge is 0.418 e. The molecular formula is C12H13F3N2O. The van der Waals surface area contributed by atoms with Crippen molar-refractivity contribution >= 4 is 17.3 Å². The van der Waals surface area contributed by atoms with Crippen molar-refractivity contribution in [2.24, 2.45) is 11.8 Å². The average Bonchev–Trinajstić information content (AvgIpc) is 2.97. The second-order valence-corrected chi connectivity index (χ2v) is 4.61. The summed E-state index contributed by atoms with van der Waals surface area (Å²) < 4.78 is 37.8. The highest BCUT2D eigenvalue weighted by Gasteiger charge is 2.39. The van der Waals surface area contributed by atoms with Crippen molar-refractivity contribution in [3.05, 3.63) is 23.8 Å². The van der Waals surface area contributed by atoms with Gasteiger partial charge in [0, 0.05) is 17.3 Å². The molecule has 0 saturated heterocycles. The van der Waals surface area contributed by atoms with E-state index in [9.17, 15) is 18.0 Å². The van der Waals surface area contributed by atoms with Crippen molar-refractivity contribution in [1.82, 2.24) is 0 Å². The molecule has 0 bridgehead atoms. The van der Waals surface area contributed by atoms with Gasteiger partial charge in [0.15, 0.2) is 0 Å². The summed E-state index contributed by atoms with van der Waals surface area (Å²) in [4.78, 5) is 11.6. The van der Waals surface area contributed by atoms with Gasteiger partial charge in [-0.1, -0.05) is 6.92 Å². The Bertz CT molecular complexity index is 485. The summed E-state index contributed by atoms with van der Waals surface area (Å²) in [6.45, 7) is 1.92. The molecule has 1 saturated carbocycles. The number of carbonyl (C=O) groups is 1. The molecule has 0 aromatic heterocycles. The third-order valence-electron chi connectivity index (χ3n) is 3.07. The van der Waals surface area contributed by atoms with Crippen LogP contribution in [0.2, 0.25) is 0 Å². The van der Waals surface area contributed by atoms with Gasteiger partial charge in [-0.05, 0) is 30.5 Å². The maximum absolute atomic E-state index is 12.6. The topological polar surface area (TPSA) is 55.1 Å². The van der Waals surface area contributed by atoms with E-state index in [2.05, 4.69) is 5.32 Å². The molecule has 1 fully saturated rings. The summed E-state index contributed by atoms with van der Waals surface area (Å²) in [5.41, 5.74) is 4.12. The number of nitrogens with one attached hydrogen (secondary N) is 1. The van der Waals surface area contributed by atoms with Gasteiger partial charge in [0.25, 0.3) is 0 Å². The molecule has 1 aromatic rings. The summed E-state index contributed by atoms with van der Waals surface area (Å²) in [7, 11) is 0. The molecule has 2 rings (SSSR count). The van der Waals surface area contributed by atoms with Gasteiger partial charge in [0.1, 0.15) is 0 Å². The lowest BCUT2D eigenvalue weighted by Crippen LogP contribution is -2.16. The Hall–Kier alpha value is -1.72. The molecule has 1 aliphatic rings. The van der Waals surface area contributed by atoms with Crippen molar-refractivity contribution in [3.8, 4) is 0 Å². The Morgan fingerprint density at radius 3 is 2.56 bits per heavy atom. The van der Waals surface area contributed by atoms with Crippen LogP contribution in [0.15, 0.2) is 18.2 Å². The van der Waals surface area contributed by atoms with Gasteiger partial charge in [-0.15, -0.1) is 0 Å². The number of nitrogen functional groups attached to an aromatic ring is 1. The van der Waals surface area contributed by atoms with Gasteiger partial charge in [0.2, 0.25) is 5.91 Å². The summed E-state index contributed by atoms with van der Waals surface area (Å²) in [5.74, 6) is -0.0156. The fourth-order valence-corrected chi connectivity index (χ4v) is 1.80. The standard InChI is InChI=1S/C12H13F3N2O/c1-6-4-8(6)11(18)17-7-2-3-10(16)9(5-7)12(13,14)15/h2-3,5-6,8H,4,16H2,1H3,(H,17,18). The van der Waals surface area contributed by atoms with E-state index in [0.29, 0.717) is 5.92 Å². The summed E-state index contributed by atoms with van der Waals surface area (Å²) >= 11 is 0. The van der Waals surface area contributed by atoms with Gasteiger partial charge in [-0.2, -0.15) is 13.2 Å². The van der Waals surface area contributed by atoms with Crippen molar-refractivity contribution in [3.63, 3.8) is 0 Å². The number of carbonyl (C=O) groups excluding carboxylic acids is 1. The van der Waals surface area contributed by atoms with Gasteiger partial charge in [0.05, 0.1) is 5.56 Å². The van der Waals surface area contributed by atoms with Gasteiger partial charge < -0.3 is 11.1 Å². The number of halogens is 3. The second kappa shape index (κ2) is 4.19. The Balaban J connectivity index is 2.17. The van der Waals surface area contributed by atoms with Crippen LogP contribution < -0.4 is 11.1 Å². The fraction of sp³-hybridized carbons (Fsp3) is 0.417. The third kappa shape index (κ3) is 2.57. The predicted octanol–water partition coefficient (Wildman–Crippen LogP) is 2.88. The van der Waals surface area contributed by atoms with Crippen molar-refractivity contribution in [1.29, 1.82) is 0 Å². The van der Waals surface area contributed by atoms with Crippen LogP contribution >= 0.6 is 0 Å². The highest BCUT2D eigenvalue weighted by molar-refractivity contribution is 5.94. The fourth-order valence-electron chi connectivity index (χ4n) is 1.80. The molecule has 0 heterocycles. The number of alkyl halides is 3. The van der Waals surface area contributed by atoms with E-state index < -0.39 is 11.7 Å². The first kappa shape index (κ1) is 12.7. The Labute approximate surface area is 102 Å². The Kier molecular flexibility index (Phi) is 2.96. The molecule has 2 unspecified atom stereocenters. The maximum atomic E-state index is 12.6. The summed E-state index contributed by atoms with van der Waals surface area (Å²) in [6, 6.07) is 3.38. The lowest BCUT2D eigenvalue weighted by atomic mass is 10.1. The molecule has 1 aromatic carbocycles. The Morgan fingerprint density at radius 1 is 1.44 bits per heavy atom. The number of hydrogen-bond acceptors (Lipinski definition) is 2. The Morgan fingerprint density at radius 2 is 2.06 bits per heavy atom. The van der Waals surface area contributed by atoms with Crippen LogP contribution in [0.3, 0.4) is 0 Å². The highest BCUT2D eigenvalue weighted by atomic mass is 19.4. The van der Waals surface area contributed by atoms with Crippen LogP contribution in [0, 0.1) is 11.8 Å². The van der Waals surface area contributed by atoms with Crippen LogP contribution in [0.1, 0.15) is 18.9 Å². The quantitative estimate of drug-likeness (QED) is 0.801. The maximum Gasteiger partial charge on any atom is 0.418 e.